The fourth-order valence-electron chi connectivity index (χ4n) is 3.67. The summed E-state index contributed by atoms with van der Waals surface area (Å²) in [5.41, 5.74) is 2.30. The average molecular weight is 221 g/mol. The molecule has 16 heavy (non-hydrogen) atoms. The number of fused-ring (bicyclic) bond motifs is 1. The second-order valence-corrected chi connectivity index (χ2v) is 6.21. The topological polar surface area (TPSA) is 12.5 Å². The lowest BCUT2D eigenvalue weighted by molar-refractivity contribution is -0.0161. The molecule has 0 aromatic rings. The third-order valence-corrected chi connectivity index (χ3v) is 5.09. The molecular weight excluding hydrogens is 198 g/mol. The van der Waals surface area contributed by atoms with Crippen molar-refractivity contribution in [3.63, 3.8) is 0 Å². The van der Waals surface area contributed by atoms with Crippen molar-refractivity contribution >= 4 is 0 Å². The van der Waals surface area contributed by atoms with Crippen molar-refractivity contribution in [1.82, 2.24) is 4.90 Å². The zero-order valence-corrected chi connectivity index (χ0v) is 10.5. The molecule has 90 valence electrons. The number of ether oxygens (including phenoxy) is 1. The molecule has 1 heterocycles. The quantitative estimate of drug-likeness (QED) is 0.663. The van der Waals surface area contributed by atoms with Gasteiger partial charge in [0.15, 0.2) is 0 Å². The van der Waals surface area contributed by atoms with Gasteiger partial charge in [0.05, 0.1) is 13.2 Å². The van der Waals surface area contributed by atoms with E-state index in [2.05, 4.69) is 24.8 Å². The molecule has 0 aromatic heterocycles. The number of nitrogens with zero attached hydrogens (tertiary/aromatic N) is 1. The van der Waals surface area contributed by atoms with Crippen LogP contribution >= 0.6 is 0 Å². The molecule has 1 aliphatic heterocycles. The van der Waals surface area contributed by atoms with Crippen LogP contribution in [0.3, 0.4) is 0 Å². The standard InChI is InChI=1S/C14H23NO/c1-14(2)12-4-3-11(13(14)9-12)10-15-5-7-16-8-6-15/h3,12-13H,4-10H2,1-2H3/t12-,13+/m1/s1. The normalized spacial score (nSPS) is 37.8. The van der Waals surface area contributed by atoms with Crippen LogP contribution in [0.15, 0.2) is 11.6 Å². The van der Waals surface area contributed by atoms with E-state index < -0.39 is 0 Å². The molecule has 0 unspecified atom stereocenters. The lowest BCUT2D eigenvalue weighted by atomic mass is 9.49. The SMILES string of the molecule is CC1(C)[C@@H]2CC=C(CN3CCOCC3)[C@@H]1C2. The van der Waals surface area contributed by atoms with Crippen molar-refractivity contribution in [2.24, 2.45) is 17.3 Å². The van der Waals surface area contributed by atoms with Crippen LogP contribution in [-0.4, -0.2) is 37.7 Å². The molecule has 2 atom stereocenters. The van der Waals surface area contributed by atoms with Crippen molar-refractivity contribution in [2.75, 3.05) is 32.8 Å². The van der Waals surface area contributed by atoms with Gasteiger partial charge in [-0.1, -0.05) is 25.5 Å². The minimum absolute atomic E-state index is 0.580. The first-order valence-corrected chi connectivity index (χ1v) is 6.67. The molecule has 4 rings (SSSR count). The molecule has 0 spiro atoms. The third-order valence-electron chi connectivity index (χ3n) is 5.09. The predicted octanol–water partition coefficient (Wildman–Crippen LogP) is 2.31. The van der Waals surface area contributed by atoms with Crippen molar-refractivity contribution in [3.05, 3.63) is 11.6 Å². The minimum Gasteiger partial charge on any atom is -0.379 e. The Morgan fingerprint density at radius 1 is 1.38 bits per heavy atom. The fraction of sp³-hybridized carbons (Fsp3) is 0.857. The lowest BCUT2D eigenvalue weighted by Gasteiger charge is -2.57. The smallest absolute Gasteiger partial charge is 0.0594 e. The van der Waals surface area contributed by atoms with Gasteiger partial charge >= 0.3 is 0 Å². The summed E-state index contributed by atoms with van der Waals surface area (Å²) in [5.74, 6) is 1.83. The molecule has 1 saturated carbocycles. The summed E-state index contributed by atoms with van der Waals surface area (Å²) in [4.78, 5) is 2.56. The van der Waals surface area contributed by atoms with Gasteiger partial charge in [0.2, 0.25) is 0 Å². The molecular formula is C14H23NO. The maximum absolute atomic E-state index is 5.41. The average Bonchev–Trinajstić information content (AvgIpc) is 2.30. The summed E-state index contributed by atoms with van der Waals surface area (Å²) in [6.45, 7) is 10.2. The zero-order valence-electron chi connectivity index (χ0n) is 10.5. The minimum atomic E-state index is 0.580. The van der Waals surface area contributed by atoms with E-state index in [0.717, 1.165) is 38.1 Å². The molecule has 3 aliphatic carbocycles. The molecule has 2 fully saturated rings. The summed E-state index contributed by atoms with van der Waals surface area (Å²) in [5, 5.41) is 0. The molecule has 2 bridgehead atoms. The van der Waals surface area contributed by atoms with E-state index in [1.54, 1.807) is 5.57 Å². The van der Waals surface area contributed by atoms with Crippen LogP contribution in [-0.2, 0) is 4.74 Å². The van der Waals surface area contributed by atoms with Crippen LogP contribution in [0, 0.1) is 17.3 Å². The molecule has 0 radical (unpaired) electrons. The summed E-state index contributed by atoms with van der Waals surface area (Å²) in [6.07, 6.45) is 5.30. The van der Waals surface area contributed by atoms with Gasteiger partial charge in [-0.25, -0.2) is 0 Å². The Hall–Kier alpha value is -0.340. The molecule has 2 heteroatoms. The van der Waals surface area contributed by atoms with E-state index in [-0.39, 0.29) is 0 Å². The number of allylic oxidation sites excluding steroid dienone is 1. The largest absolute Gasteiger partial charge is 0.379 e. The number of hydrogen-bond donors (Lipinski definition) is 0. The number of morpholine rings is 1. The Morgan fingerprint density at radius 2 is 2.12 bits per heavy atom. The first-order valence-electron chi connectivity index (χ1n) is 6.67. The summed E-state index contributed by atoms with van der Waals surface area (Å²) in [6, 6.07) is 0. The van der Waals surface area contributed by atoms with Crippen molar-refractivity contribution in [1.29, 1.82) is 0 Å². The van der Waals surface area contributed by atoms with E-state index in [4.69, 9.17) is 4.74 Å². The zero-order chi connectivity index (χ0) is 11.2. The Labute approximate surface area is 98.6 Å². The fourth-order valence-corrected chi connectivity index (χ4v) is 3.67. The Bertz CT molecular complexity index is 302. The Kier molecular flexibility index (Phi) is 2.60. The second-order valence-electron chi connectivity index (χ2n) is 6.21. The van der Waals surface area contributed by atoms with Gasteiger partial charge < -0.3 is 4.74 Å². The summed E-state index contributed by atoms with van der Waals surface area (Å²) < 4.78 is 5.41. The van der Waals surface area contributed by atoms with Gasteiger partial charge in [0.25, 0.3) is 0 Å². The van der Waals surface area contributed by atoms with Crippen molar-refractivity contribution in [3.8, 4) is 0 Å². The first-order chi connectivity index (χ1) is 7.68. The number of hydrogen-bond acceptors (Lipinski definition) is 2. The number of rotatable bonds is 2. The highest BCUT2D eigenvalue weighted by molar-refractivity contribution is 5.24. The van der Waals surface area contributed by atoms with Crippen LogP contribution in [0.1, 0.15) is 26.7 Å². The van der Waals surface area contributed by atoms with Crippen molar-refractivity contribution < 1.29 is 4.74 Å². The molecule has 4 aliphatic rings. The van der Waals surface area contributed by atoms with Crippen LogP contribution in [0.5, 0.6) is 0 Å². The molecule has 0 amide bonds. The monoisotopic (exact) mass is 221 g/mol. The van der Waals surface area contributed by atoms with Crippen LogP contribution in [0.2, 0.25) is 0 Å². The summed E-state index contributed by atoms with van der Waals surface area (Å²) >= 11 is 0. The summed E-state index contributed by atoms with van der Waals surface area (Å²) in [7, 11) is 0. The highest BCUT2D eigenvalue weighted by Crippen LogP contribution is 2.59. The van der Waals surface area contributed by atoms with Gasteiger partial charge in [-0.05, 0) is 30.1 Å². The predicted molar refractivity (Wildman–Crippen MR) is 65.3 cm³/mol. The third kappa shape index (κ3) is 1.63. The van der Waals surface area contributed by atoms with Crippen LogP contribution < -0.4 is 0 Å². The highest BCUT2D eigenvalue weighted by Gasteiger charge is 2.51. The Morgan fingerprint density at radius 3 is 2.75 bits per heavy atom. The maximum atomic E-state index is 5.41. The van der Waals surface area contributed by atoms with Crippen LogP contribution in [0.25, 0.3) is 0 Å². The van der Waals surface area contributed by atoms with Crippen molar-refractivity contribution in [2.45, 2.75) is 26.7 Å². The first kappa shape index (κ1) is 10.8. The van der Waals surface area contributed by atoms with Gasteiger partial charge in [0.1, 0.15) is 0 Å². The van der Waals surface area contributed by atoms with Gasteiger partial charge in [-0.3, -0.25) is 4.90 Å². The van der Waals surface area contributed by atoms with Gasteiger partial charge in [-0.2, -0.15) is 0 Å². The molecule has 0 N–H and O–H groups in total. The van der Waals surface area contributed by atoms with Gasteiger partial charge in [0, 0.05) is 19.6 Å². The van der Waals surface area contributed by atoms with E-state index in [0.29, 0.717) is 5.41 Å². The van der Waals surface area contributed by atoms with E-state index in [9.17, 15) is 0 Å². The van der Waals surface area contributed by atoms with E-state index in [1.807, 2.05) is 0 Å². The van der Waals surface area contributed by atoms with Crippen LogP contribution in [0.4, 0.5) is 0 Å². The van der Waals surface area contributed by atoms with E-state index >= 15 is 0 Å². The lowest BCUT2D eigenvalue weighted by Crippen LogP contribution is -2.50. The van der Waals surface area contributed by atoms with Gasteiger partial charge in [-0.15, -0.1) is 0 Å². The molecule has 1 saturated heterocycles. The highest BCUT2D eigenvalue weighted by atomic mass is 16.5. The molecule has 0 aromatic carbocycles. The second kappa shape index (κ2) is 3.85. The molecule has 2 nitrogen and oxygen atoms in total. The Balaban J connectivity index is 1.65. The van der Waals surface area contributed by atoms with E-state index in [1.165, 1.54) is 19.4 Å². The maximum Gasteiger partial charge on any atom is 0.0594 e.